The van der Waals surface area contributed by atoms with Crippen LogP contribution in [-0.4, -0.2) is 28.0 Å². The molecule has 1 heterocycles. The van der Waals surface area contributed by atoms with Crippen molar-refractivity contribution >= 4 is 5.97 Å². The van der Waals surface area contributed by atoms with Crippen LogP contribution >= 0.6 is 0 Å². The van der Waals surface area contributed by atoms with E-state index in [1.165, 1.54) is 6.20 Å². The molecule has 0 amide bonds. The summed E-state index contributed by atoms with van der Waals surface area (Å²) in [4.78, 5) is 11.5. The van der Waals surface area contributed by atoms with Crippen LogP contribution < -0.4 is 4.74 Å². The van der Waals surface area contributed by atoms with E-state index < -0.39 is 5.97 Å². The summed E-state index contributed by atoms with van der Waals surface area (Å²) in [5.74, 6) is -0.425. The van der Waals surface area contributed by atoms with E-state index in [0.29, 0.717) is 17.0 Å². The van der Waals surface area contributed by atoms with E-state index in [4.69, 9.17) is 4.74 Å². The Balaban J connectivity index is 2.29. The second kappa shape index (κ2) is 5.73. The van der Waals surface area contributed by atoms with E-state index >= 15 is 0 Å². The summed E-state index contributed by atoms with van der Waals surface area (Å²) in [6, 6.07) is 16.7. The maximum Gasteiger partial charge on any atom is 0.339 e. The average molecular weight is 294 g/mol. The molecule has 0 aliphatic heterocycles. The average Bonchev–Trinajstić information content (AvgIpc) is 3.00. The van der Waals surface area contributed by atoms with E-state index in [2.05, 4.69) is 5.10 Å². The van der Waals surface area contributed by atoms with Crippen LogP contribution in [0, 0.1) is 0 Å². The molecule has 3 aromatic rings. The van der Waals surface area contributed by atoms with Gasteiger partial charge in [0.15, 0.2) is 0 Å². The zero-order chi connectivity index (χ0) is 15.5. The molecule has 3 rings (SSSR count). The normalized spacial score (nSPS) is 10.4. The number of ether oxygens (including phenoxy) is 1. The summed E-state index contributed by atoms with van der Waals surface area (Å²) in [6.07, 6.45) is 1.36. The lowest BCUT2D eigenvalue weighted by Crippen LogP contribution is -2.04. The fourth-order valence-electron chi connectivity index (χ4n) is 2.37. The van der Waals surface area contributed by atoms with Crippen LogP contribution in [0.3, 0.4) is 0 Å². The Morgan fingerprint density at radius 1 is 1.09 bits per heavy atom. The molecule has 0 saturated carbocycles. The first-order valence-corrected chi connectivity index (χ1v) is 6.72. The number of aromatic carboxylic acids is 1. The predicted molar refractivity (Wildman–Crippen MR) is 82.5 cm³/mol. The minimum Gasteiger partial charge on any atom is -0.496 e. The number of carboxylic acids is 1. The van der Waals surface area contributed by atoms with Gasteiger partial charge in [0.1, 0.15) is 11.3 Å². The molecule has 0 unspecified atom stereocenters. The van der Waals surface area contributed by atoms with Gasteiger partial charge in [-0.25, -0.2) is 9.48 Å². The number of carboxylic acid groups (broad SMARTS) is 1. The molecule has 0 aliphatic carbocycles. The van der Waals surface area contributed by atoms with Crippen molar-refractivity contribution < 1.29 is 14.6 Å². The first-order chi connectivity index (χ1) is 10.7. The van der Waals surface area contributed by atoms with Gasteiger partial charge in [-0.3, -0.25) is 0 Å². The van der Waals surface area contributed by atoms with E-state index in [1.807, 2.05) is 48.5 Å². The minimum absolute atomic E-state index is 0.133. The number of para-hydroxylation sites is 2. The molecule has 0 atom stereocenters. The smallest absolute Gasteiger partial charge is 0.339 e. The van der Waals surface area contributed by atoms with Crippen molar-refractivity contribution in [1.29, 1.82) is 0 Å². The fourth-order valence-corrected chi connectivity index (χ4v) is 2.37. The van der Waals surface area contributed by atoms with Crippen molar-refractivity contribution in [3.05, 3.63) is 66.4 Å². The van der Waals surface area contributed by atoms with Crippen LogP contribution in [0.5, 0.6) is 5.75 Å². The lowest BCUT2D eigenvalue weighted by Gasteiger charge is -2.12. The van der Waals surface area contributed by atoms with E-state index in [-0.39, 0.29) is 5.56 Å². The predicted octanol–water partition coefficient (Wildman–Crippen LogP) is 3.25. The van der Waals surface area contributed by atoms with Crippen LogP contribution in [0.1, 0.15) is 10.4 Å². The summed E-state index contributed by atoms with van der Waals surface area (Å²) in [7, 11) is 1.56. The van der Waals surface area contributed by atoms with Gasteiger partial charge in [-0.1, -0.05) is 30.3 Å². The molecular formula is C17H14N2O3. The summed E-state index contributed by atoms with van der Waals surface area (Å²) in [5.41, 5.74) is 2.10. The number of rotatable bonds is 4. The van der Waals surface area contributed by atoms with Crippen LogP contribution in [0.25, 0.3) is 16.9 Å². The van der Waals surface area contributed by atoms with Gasteiger partial charge in [0.2, 0.25) is 0 Å². The van der Waals surface area contributed by atoms with Crippen molar-refractivity contribution in [2.75, 3.05) is 7.11 Å². The van der Waals surface area contributed by atoms with Crippen molar-refractivity contribution in [2.45, 2.75) is 0 Å². The highest BCUT2D eigenvalue weighted by Gasteiger charge is 2.21. The third kappa shape index (κ3) is 2.33. The summed E-state index contributed by atoms with van der Waals surface area (Å²) < 4.78 is 6.97. The Labute approximate surface area is 127 Å². The highest BCUT2D eigenvalue weighted by molar-refractivity contribution is 5.96. The zero-order valence-electron chi connectivity index (χ0n) is 11.9. The van der Waals surface area contributed by atoms with Gasteiger partial charge in [0.25, 0.3) is 0 Å². The van der Waals surface area contributed by atoms with Gasteiger partial charge < -0.3 is 9.84 Å². The Bertz CT molecular complexity index is 810. The Kier molecular flexibility index (Phi) is 3.62. The third-order valence-electron chi connectivity index (χ3n) is 3.36. The fraction of sp³-hybridized carbons (Fsp3) is 0.0588. The van der Waals surface area contributed by atoms with Crippen molar-refractivity contribution in [2.24, 2.45) is 0 Å². The monoisotopic (exact) mass is 294 g/mol. The number of hydrogen-bond acceptors (Lipinski definition) is 3. The van der Waals surface area contributed by atoms with Gasteiger partial charge in [-0.15, -0.1) is 0 Å². The molecule has 0 radical (unpaired) electrons. The topological polar surface area (TPSA) is 64.3 Å². The van der Waals surface area contributed by atoms with Crippen molar-refractivity contribution in [3.8, 4) is 22.7 Å². The van der Waals surface area contributed by atoms with Gasteiger partial charge in [-0.2, -0.15) is 5.10 Å². The molecule has 1 N–H and O–H groups in total. The minimum atomic E-state index is -1.02. The van der Waals surface area contributed by atoms with Crippen molar-refractivity contribution in [1.82, 2.24) is 9.78 Å². The van der Waals surface area contributed by atoms with Gasteiger partial charge in [0, 0.05) is 5.56 Å². The first kappa shape index (κ1) is 13.9. The number of nitrogens with zero attached hydrogens (tertiary/aromatic N) is 2. The molecular weight excluding hydrogens is 280 g/mol. The Morgan fingerprint density at radius 3 is 2.45 bits per heavy atom. The maximum atomic E-state index is 11.5. The highest BCUT2D eigenvalue weighted by Crippen LogP contribution is 2.33. The summed E-state index contributed by atoms with van der Waals surface area (Å²) >= 11 is 0. The standard InChI is InChI=1S/C17H14N2O3/c1-22-15-10-6-5-9-13(15)16-14(17(20)21)11-18-19(16)12-7-3-2-4-8-12/h2-11H,1H3,(H,20,21). The summed E-state index contributed by atoms with van der Waals surface area (Å²) in [6.45, 7) is 0. The van der Waals surface area contributed by atoms with Crippen LogP contribution in [0.15, 0.2) is 60.8 Å². The van der Waals surface area contributed by atoms with Crippen LogP contribution in [0.4, 0.5) is 0 Å². The molecule has 5 heteroatoms. The number of methoxy groups -OCH3 is 1. The zero-order valence-corrected chi connectivity index (χ0v) is 11.9. The summed E-state index contributed by atoms with van der Waals surface area (Å²) in [5, 5.41) is 13.7. The van der Waals surface area contributed by atoms with E-state index in [0.717, 1.165) is 5.69 Å². The third-order valence-corrected chi connectivity index (χ3v) is 3.36. The molecule has 0 aliphatic rings. The lowest BCUT2D eigenvalue weighted by molar-refractivity contribution is 0.0697. The number of hydrogen-bond donors (Lipinski definition) is 1. The molecule has 0 fully saturated rings. The van der Waals surface area contributed by atoms with Crippen LogP contribution in [-0.2, 0) is 0 Å². The second-order valence-electron chi connectivity index (χ2n) is 4.66. The van der Waals surface area contributed by atoms with Crippen molar-refractivity contribution in [3.63, 3.8) is 0 Å². The molecule has 0 bridgehead atoms. The number of carbonyl (C=O) groups is 1. The molecule has 0 spiro atoms. The van der Waals surface area contributed by atoms with E-state index in [1.54, 1.807) is 17.9 Å². The number of benzene rings is 2. The molecule has 2 aromatic carbocycles. The molecule has 5 nitrogen and oxygen atoms in total. The maximum absolute atomic E-state index is 11.5. The van der Waals surface area contributed by atoms with Gasteiger partial charge >= 0.3 is 5.97 Å². The van der Waals surface area contributed by atoms with Gasteiger partial charge in [0.05, 0.1) is 24.7 Å². The highest BCUT2D eigenvalue weighted by atomic mass is 16.5. The SMILES string of the molecule is COc1ccccc1-c1c(C(=O)O)cnn1-c1ccccc1. The van der Waals surface area contributed by atoms with Crippen LogP contribution in [0.2, 0.25) is 0 Å². The molecule has 1 aromatic heterocycles. The number of aromatic nitrogens is 2. The quantitative estimate of drug-likeness (QED) is 0.802. The Morgan fingerprint density at radius 2 is 1.77 bits per heavy atom. The van der Waals surface area contributed by atoms with Gasteiger partial charge in [-0.05, 0) is 24.3 Å². The Hall–Kier alpha value is -3.08. The molecule has 110 valence electrons. The first-order valence-electron chi connectivity index (χ1n) is 6.72. The van der Waals surface area contributed by atoms with E-state index in [9.17, 15) is 9.90 Å². The molecule has 22 heavy (non-hydrogen) atoms. The lowest BCUT2D eigenvalue weighted by atomic mass is 10.1. The second-order valence-corrected chi connectivity index (χ2v) is 4.66. The molecule has 0 saturated heterocycles. The largest absolute Gasteiger partial charge is 0.496 e.